The molecule has 2 atom stereocenters. The second kappa shape index (κ2) is 7.35. The molecule has 2 unspecified atom stereocenters. The first-order valence-electron chi connectivity index (χ1n) is 6.74. The average Bonchev–Trinajstić information content (AvgIpc) is 2.43. The highest BCUT2D eigenvalue weighted by molar-refractivity contribution is 7.86. The summed E-state index contributed by atoms with van der Waals surface area (Å²) >= 11 is 0. The van der Waals surface area contributed by atoms with Crippen LogP contribution in [0.5, 0.6) is 0 Å². The molecule has 118 valence electrons. The van der Waals surface area contributed by atoms with Crippen LogP contribution < -0.4 is 0 Å². The molecule has 0 aromatic carbocycles. The Bertz CT molecular complexity index is 426. The van der Waals surface area contributed by atoms with Gasteiger partial charge in [0.1, 0.15) is 0 Å². The number of esters is 1. The van der Waals surface area contributed by atoms with Gasteiger partial charge in [-0.25, -0.2) is 0 Å². The summed E-state index contributed by atoms with van der Waals surface area (Å²) in [5.74, 6) is -0.422. The first-order chi connectivity index (χ1) is 9.32. The Morgan fingerprint density at radius 2 is 2.15 bits per heavy atom. The van der Waals surface area contributed by atoms with Gasteiger partial charge < -0.3 is 9.47 Å². The van der Waals surface area contributed by atoms with E-state index in [1.54, 1.807) is 0 Å². The molecule has 0 spiro atoms. The Hall–Kier alpha value is -0.700. The first-order valence-corrected chi connectivity index (χ1v) is 8.14. The Labute approximate surface area is 121 Å². The molecule has 1 aliphatic heterocycles. The summed E-state index contributed by atoms with van der Waals surface area (Å²) in [6.07, 6.45) is 0.612. The zero-order valence-corrected chi connectivity index (χ0v) is 13.4. The number of methoxy groups -OCH3 is 1. The third-order valence-corrected chi connectivity index (χ3v) is 5.45. The van der Waals surface area contributed by atoms with Crippen LogP contribution in [0.15, 0.2) is 0 Å². The van der Waals surface area contributed by atoms with Crippen LogP contribution in [0.2, 0.25) is 0 Å². The van der Waals surface area contributed by atoms with Crippen molar-refractivity contribution in [3.63, 3.8) is 0 Å². The van der Waals surface area contributed by atoms with E-state index in [1.807, 2.05) is 13.8 Å². The van der Waals surface area contributed by atoms with E-state index in [4.69, 9.17) is 4.74 Å². The van der Waals surface area contributed by atoms with Gasteiger partial charge in [-0.3, -0.25) is 4.79 Å². The molecule has 1 rings (SSSR count). The molecule has 0 amide bonds. The summed E-state index contributed by atoms with van der Waals surface area (Å²) < 4.78 is 37.8. The average molecular weight is 308 g/mol. The van der Waals surface area contributed by atoms with Crippen LogP contribution in [0.25, 0.3) is 0 Å². The number of morpholine rings is 1. The summed E-state index contributed by atoms with van der Waals surface area (Å²) in [5.41, 5.74) is 0. The van der Waals surface area contributed by atoms with Crippen LogP contribution in [0.3, 0.4) is 0 Å². The number of hydrogen-bond acceptors (Lipinski definition) is 5. The smallest absolute Gasteiger partial charge is 0.306 e. The van der Waals surface area contributed by atoms with Crippen molar-refractivity contribution in [2.45, 2.75) is 38.8 Å². The quantitative estimate of drug-likeness (QED) is 0.656. The SMILES string of the molecule is CCC1COC(C)CN1S(=O)(=O)N(C)CCC(=O)OC. The molecule has 20 heavy (non-hydrogen) atoms. The number of nitrogens with zero attached hydrogens (tertiary/aromatic N) is 2. The lowest BCUT2D eigenvalue weighted by molar-refractivity contribution is -0.140. The summed E-state index contributed by atoms with van der Waals surface area (Å²) in [7, 11) is -0.819. The molecular weight excluding hydrogens is 284 g/mol. The van der Waals surface area contributed by atoms with Gasteiger partial charge >= 0.3 is 5.97 Å². The van der Waals surface area contributed by atoms with E-state index >= 15 is 0 Å². The van der Waals surface area contributed by atoms with Crippen molar-refractivity contribution >= 4 is 16.2 Å². The lowest BCUT2D eigenvalue weighted by Gasteiger charge is -2.39. The highest BCUT2D eigenvalue weighted by Crippen LogP contribution is 2.20. The predicted octanol–water partition coefficient (Wildman–Crippen LogP) is 0.225. The third-order valence-electron chi connectivity index (χ3n) is 3.44. The van der Waals surface area contributed by atoms with Crippen molar-refractivity contribution in [3.05, 3.63) is 0 Å². The molecular formula is C12H24N2O5S. The molecule has 0 aromatic heterocycles. The van der Waals surface area contributed by atoms with Crippen LogP contribution >= 0.6 is 0 Å². The molecule has 0 aliphatic carbocycles. The lowest BCUT2D eigenvalue weighted by Crippen LogP contribution is -2.55. The van der Waals surface area contributed by atoms with E-state index < -0.39 is 16.2 Å². The minimum Gasteiger partial charge on any atom is -0.469 e. The van der Waals surface area contributed by atoms with E-state index in [0.717, 1.165) is 0 Å². The lowest BCUT2D eigenvalue weighted by atomic mass is 10.2. The first kappa shape index (κ1) is 17.4. The topological polar surface area (TPSA) is 76.2 Å². The molecule has 7 nitrogen and oxygen atoms in total. The highest BCUT2D eigenvalue weighted by atomic mass is 32.2. The fraction of sp³-hybridized carbons (Fsp3) is 0.917. The Morgan fingerprint density at radius 1 is 1.50 bits per heavy atom. The Balaban J connectivity index is 2.76. The maximum atomic E-state index is 12.5. The van der Waals surface area contributed by atoms with Gasteiger partial charge in [0.25, 0.3) is 10.2 Å². The second-order valence-electron chi connectivity index (χ2n) is 4.93. The minimum atomic E-state index is -3.58. The van der Waals surface area contributed by atoms with Gasteiger partial charge in [-0.1, -0.05) is 6.92 Å². The van der Waals surface area contributed by atoms with E-state index in [2.05, 4.69) is 4.74 Å². The number of carbonyl (C=O) groups is 1. The summed E-state index contributed by atoms with van der Waals surface area (Å²) in [5, 5.41) is 0. The van der Waals surface area contributed by atoms with Crippen LogP contribution in [-0.4, -0.2) is 69.0 Å². The molecule has 0 saturated carbocycles. The van der Waals surface area contributed by atoms with Crippen molar-refractivity contribution in [2.75, 3.05) is 33.9 Å². The molecule has 1 saturated heterocycles. The Kier molecular flexibility index (Phi) is 6.38. The Morgan fingerprint density at radius 3 is 2.70 bits per heavy atom. The summed E-state index contributed by atoms with van der Waals surface area (Å²) in [6.45, 7) is 4.63. The van der Waals surface area contributed by atoms with E-state index in [9.17, 15) is 13.2 Å². The number of ether oxygens (including phenoxy) is 2. The normalized spacial score (nSPS) is 24.9. The van der Waals surface area contributed by atoms with Crippen molar-refractivity contribution in [3.8, 4) is 0 Å². The predicted molar refractivity (Wildman–Crippen MR) is 74.4 cm³/mol. The van der Waals surface area contributed by atoms with Crippen LogP contribution in [-0.2, 0) is 24.5 Å². The number of rotatable bonds is 6. The maximum absolute atomic E-state index is 12.5. The van der Waals surface area contributed by atoms with Crippen LogP contribution in [0.1, 0.15) is 26.7 Å². The molecule has 1 heterocycles. The van der Waals surface area contributed by atoms with Gasteiger partial charge in [-0.05, 0) is 13.3 Å². The van der Waals surface area contributed by atoms with Gasteiger partial charge in [-0.15, -0.1) is 0 Å². The standard InChI is InChI=1S/C12H24N2O5S/c1-5-11-9-19-10(2)8-14(11)20(16,17)13(3)7-6-12(15)18-4/h10-11H,5-9H2,1-4H3. The molecule has 0 bridgehead atoms. The molecule has 8 heteroatoms. The van der Waals surface area contributed by atoms with Crippen molar-refractivity contribution in [1.82, 2.24) is 8.61 Å². The van der Waals surface area contributed by atoms with Crippen LogP contribution in [0.4, 0.5) is 0 Å². The van der Waals surface area contributed by atoms with Gasteiger partial charge in [0.15, 0.2) is 0 Å². The maximum Gasteiger partial charge on any atom is 0.306 e. The summed E-state index contributed by atoms with van der Waals surface area (Å²) in [4.78, 5) is 11.1. The van der Waals surface area contributed by atoms with Gasteiger partial charge in [0, 0.05) is 26.2 Å². The van der Waals surface area contributed by atoms with Gasteiger partial charge in [0.05, 0.1) is 26.2 Å². The van der Waals surface area contributed by atoms with Crippen LogP contribution in [0, 0.1) is 0 Å². The van der Waals surface area contributed by atoms with E-state index in [0.29, 0.717) is 19.6 Å². The fourth-order valence-electron chi connectivity index (χ4n) is 2.06. The molecule has 0 aromatic rings. The molecule has 1 aliphatic rings. The molecule has 0 radical (unpaired) electrons. The molecule has 1 fully saturated rings. The number of carbonyl (C=O) groups excluding carboxylic acids is 1. The van der Waals surface area contributed by atoms with Gasteiger partial charge in [-0.2, -0.15) is 17.0 Å². The zero-order chi connectivity index (χ0) is 15.3. The molecule has 0 N–H and O–H groups in total. The number of hydrogen-bond donors (Lipinski definition) is 0. The second-order valence-corrected chi connectivity index (χ2v) is 6.92. The zero-order valence-electron chi connectivity index (χ0n) is 12.5. The third kappa shape index (κ3) is 4.15. The van der Waals surface area contributed by atoms with Crippen molar-refractivity contribution < 1.29 is 22.7 Å². The minimum absolute atomic E-state index is 0.0446. The van der Waals surface area contributed by atoms with E-state index in [1.165, 1.54) is 22.8 Å². The largest absolute Gasteiger partial charge is 0.469 e. The summed E-state index contributed by atoms with van der Waals surface area (Å²) in [6, 6.07) is -0.156. The fourth-order valence-corrected chi connectivity index (χ4v) is 3.73. The highest BCUT2D eigenvalue weighted by Gasteiger charge is 2.36. The van der Waals surface area contributed by atoms with Crippen molar-refractivity contribution in [2.24, 2.45) is 0 Å². The van der Waals surface area contributed by atoms with Crippen molar-refractivity contribution in [1.29, 1.82) is 0 Å². The monoisotopic (exact) mass is 308 g/mol. The van der Waals surface area contributed by atoms with E-state index in [-0.39, 0.29) is 25.1 Å². The van der Waals surface area contributed by atoms with Gasteiger partial charge in [0.2, 0.25) is 0 Å².